The van der Waals surface area contributed by atoms with Gasteiger partial charge in [0.15, 0.2) is 5.69 Å². The molecule has 1 heterocycles. The first-order chi connectivity index (χ1) is 17.2. The Labute approximate surface area is 187 Å². The van der Waals surface area contributed by atoms with Crippen LogP contribution in [0.4, 0.5) is 36.4 Å². The normalized spacial score (nSPS) is 16.1. The lowest BCUT2D eigenvalue weighted by molar-refractivity contribution is -0.359. The summed E-state index contributed by atoms with van der Waals surface area (Å²) in [4.78, 5) is 6.90. The van der Waals surface area contributed by atoms with Gasteiger partial charge in [0.25, 0.3) is 0 Å². The third-order valence-electron chi connectivity index (χ3n) is 4.62. The highest BCUT2D eigenvalue weighted by molar-refractivity contribution is 5.75. The lowest BCUT2D eigenvalue weighted by Gasteiger charge is -2.29. The van der Waals surface area contributed by atoms with E-state index in [9.17, 15) is 30.7 Å². The molecule has 9 heteroatoms. The van der Waals surface area contributed by atoms with Crippen molar-refractivity contribution in [2.45, 2.75) is 31.7 Å². The number of hydrogen-bond donors (Lipinski definition) is 0. The molecule has 0 bridgehead atoms. The number of halogens is 7. The van der Waals surface area contributed by atoms with Crippen molar-refractivity contribution in [2.75, 3.05) is 0 Å². The molecule has 0 aliphatic rings. The van der Waals surface area contributed by atoms with Gasteiger partial charge in [-0.3, -0.25) is 4.98 Å². The second-order valence-corrected chi connectivity index (χ2v) is 6.68. The van der Waals surface area contributed by atoms with Crippen LogP contribution in [0.2, 0.25) is 0 Å². The van der Waals surface area contributed by atoms with E-state index in [0.29, 0.717) is 0 Å². The van der Waals surface area contributed by atoms with Crippen molar-refractivity contribution in [2.24, 2.45) is 0 Å². The van der Waals surface area contributed by atoms with Crippen molar-refractivity contribution in [3.05, 3.63) is 82.8 Å². The second kappa shape index (κ2) is 7.93. The molecule has 32 heavy (non-hydrogen) atoms. The topological polar surface area (TPSA) is 17.2 Å². The summed E-state index contributed by atoms with van der Waals surface area (Å²) >= 11 is 0. The van der Waals surface area contributed by atoms with Crippen molar-refractivity contribution < 1.29 is 39.0 Å². The molecule has 2 nitrogen and oxygen atoms in total. The number of aryl methyl sites for hydroxylation is 2. The Kier molecular flexibility index (Phi) is 4.03. The molecule has 0 aliphatic carbocycles. The van der Waals surface area contributed by atoms with E-state index in [1.54, 1.807) is 0 Å². The molecule has 0 aliphatic heterocycles. The zero-order chi connectivity index (χ0) is 28.9. The van der Waals surface area contributed by atoms with E-state index in [-0.39, 0.29) is 40.2 Å². The summed E-state index contributed by atoms with van der Waals surface area (Å²) in [5.74, 6) is -12.6. The van der Waals surface area contributed by atoms with Gasteiger partial charge in [-0.25, -0.2) is 4.85 Å². The van der Waals surface area contributed by atoms with Crippen molar-refractivity contribution in [1.82, 2.24) is 4.98 Å². The molecule has 0 atom stereocenters. The zero-order valence-corrected chi connectivity index (χ0v) is 15.7. The van der Waals surface area contributed by atoms with Gasteiger partial charge in [0.2, 0.25) is 0 Å². The monoisotopic (exact) mass is 458 g/mol. The van der Waals surface area contributed by atoms with Crippen LogP contribution in [0.5, 0.6) is 0 Å². The molecule has 3 rings (SSSR count). The summed E-state index contributed by atoms with van der Waals surface area (Å²) in [6.45, 7) is 0.819. The van der Waals surface area contributed by atoms with Crippen LogP contribution >= 0.6 is 0 Å². The van der Waals surface area contributed by atoms with Gasteiger partial charge in [0.05, 0.1) is 12.3 Å². The molecule has 0 fully saturated rings. The maximum atomic E-state index is 14.7. The number of nitrogens with zero attached hydrogens (tertiary/aromatic N) is 2. The number of aromatic nitrogens is 1. The summed E-state index contributed by atoms with van der Waals surface area (Å²) in [7, 11) is 0. The third-order valence-corrected chi connectivity index (χ3v) is 4.62. The molecule has 0 radical (unpaired) electrons. The fraction of sp³-hybridized carbons (Fsp3) is 0.217. The molecule has 0 unspecified atom stereocenters. The molecule has 1 aromatic heterocycles. The Morgan fingerprint density at radius 1 is 0.844 bits per heavy atom. The fourth-order valence-electron chi connectivity index (χ4n) is 2.88. The molecule has 0 saturated heterocycles. The van der Waals surface area contributed by atoms with E-state index in [2.05, 4.69) is 9.83 Å². The molecule has 3 aromatic rings. The van der Waals surface area contributed by atoms with Crippen molar-refractivity contribution in [3.63, 3.8) is 0 Å². The van der Waals surface area contributed by atoms with Gasteiger partial charge in [-0.2, -0.15) is 30.7 Å². The highest BCUT2D eigenvalue weighted by Gasteiger charge is 2.73. The summed E-state index contributed by atoms with van der Waals surface area (Å²) in [6.07, 6.45) is -6.45. The van der Waals surface area contributed by atoms with Gasteiger partial charge in [0, 0.05) is 25.5 Å². The standard InChI is InChI=1S/C23H15F7N2/c1-13-4-5-16(10-18(13)15-6-8-17(31-3)9-7-15)20-11-19(14(2)12-32-20)21(24,25)22(26,27)23(28,29)30/h4-12H,1-2H3/i1D3,2D3. The van der Waals surface area contributed by atoms with E-state index < -0.39 is 48.5 Å². The molecular formula is C23H15F7N2. The Morgan fingerprint density at radius 2 is 1.47 bits per heavy atom. The highest BCUT2D eigenvalue weighted by Crippen LogP contribution is 2.52. The molecule has 166 valence electrons. The average molecular weight is 458 g/mol. The van der Waals surface area contributed by atoms with Crippen LogP contribution in [0.1, 0.15) is 24.9 Å². The first kappa shape index (κ1) is 16.3. The minimum atomic E-state index is -6.71. The predicted octanol–water partition coefficient (Wildman–Crippen LogP) is 7.87. The minimum Gasteiger partial charge on any atom is -0.256 e. The predicted molar refractivity (Wildman–Crippen MR) is 106 cm³/mol. The number of pyridine rings is 1. The maximum Gasteiger partial charge on any atom is 0.460 e. The van der Waals surface area contributed by atoms with Crippen LogP contribution in [0, 0.1) is 20.3 Å². The number of rotatable bonds is 4. The number of hydrogen-bond acceptors (Lipinski definition) is 1. The SMILES string of the molecule is [2H]C([2H])([2H])c1ccc(-c2cc(C(F)(F)C(F)(F)C(F)(F)F)c(C([2H])([2H])[2H])cn2)cc1-c1ccc([N+]#[C-])cc1. The van der Waals surface area contributed by atoms with Gasteiger partial charge in [-0.05, 0) is 48.1 Å². The molecule has 0 amide bonds. The van der Waals surface area contributed by atoms with Crippen LogP contribution in [0.25, 0.3) is 27.2 Å². The quantitative estimate of drug-likeness (QED) is 0.287. The fourth-order valence-corrected chi connectivity index (χ4v) is 2.88. The third kappa shape index (κ3) is 3.93. The number of benzene rings is 2. The Morgan fingerprint density at radius 3 is 2.03 bits per heavy atom. The Bertz CT molecular complexity index is 1390. The summed E-state index contributed by atoms with van der Waals surface area (Å²) < 4.78 is 141. The van der Waals surface area contributed by atoms with E-state index in [1.807, 2.05) is 0 Å². The maximum absolute atomic E-state index is 14.7. The Hall–Kier alpha value is -3.41. The van der Waals surface area contributed by atoms with Crippen LogP contribution in [0.3, 0.4) is 0 Å². The highest BCUT2D eigenvalue weighted by atomic mass is 19.4. The van der Waals surface area contributed by atoms with E-state index in [4.69, 9.17) is 14.8 Å². The van der Waals surface area contributed by atoms with Gasteiger partial charge >= 0.3 is 18.0 Å². The molecule has 0 spiro atoms. The first-order valence-electron chi connectivity index (χ1n) is 11.7. The Balaban J connectivity index is 2.30. The van der Waals surface area contributed by atoms with E-state index in [0.717, 1.165) is 18.2 Å². The first-order valence-corrected chi connectivity index (χ1v) is 8.68. The average Bonchev–Trinajstić information content (AvgIpc) is 2.81. The van der Waals surface area contributed by atoms with Crippen LogP contribution in [0.15, 0.2) is 54.7 Å². The van der Waals surface area contributed by atoms with Gasteiger partial charge in [-0.15, -0.1) is 0 Å². The van der Waals surface area contributed by atoms with Crippen LogP contribution < -0.4 is 0 Å². The van der Waals surface area contributed by atoms with Gasteiger partial charge in [0.1, 0.15) is 0 Å². The molecule has 0 N–H and O–H groups in total. The lowest BCUT2D eigenvalue weighted by Crippen LogP contribution is -2.50. The summed E-state index contributed by atoms with van der Waals surface area (Å²) in [5.41, 5.74) is -4.12. The van der Waals surface area contributed by atoms with Crippen molar-refractivity contribution in [3.8, 4) is 22.4 Å². The lowest BCUT2D eigenvalue weighted by atomic mass is 9.94. The minimum absolute atomic E-state index is 0.00894. The van der Waals surface area contributed by atoms with E-state index in [1.165, 1.54) is 24.3 Å². The molecule has 2 aromatic carbocycles. The van der Waals surface area contributed by atoms with Crippen LogP contribution in [-0.2, 0) is 5.92 Å². The summed E-state index contributed by atoms with van der Waals surface area (Å²) in [5, 5.41) is 0. The van der Waals surface area contributed by atoms with Gasteiger partial charge < -0.3 is 0 Å². The number of alkyl halides is 7. The smallest absolute Gasteiger partial charge is 0.256 e. The largest absolute Gasteiger partial charge is 0.460 e. The molecular weight excluding hydrogens is 437 g/mol. The van der Waals surface area contributed by atoms with Gasteiger partial charge in [-0.1, -0.05) is 36.4 Å². The van der Waals surface area contributed by atoms with Crippen molar-refractivity contribution >= 4 is 5.69 Å². The van der Waals surface area contributed by atoms with Crippen LogP contribution in [-0.4, -0.2) is 17.1 Å². The zero-order valence-electron chi connectivity index (χ0n) is 21.7. The molecule has 0 saturated carbocycles. The second-order valence-electron chi connectivity index (χ2n) is 6.68. The van der Waals surface area contributed by atoms with E-state index >= 15 is 0 Å². The van der Waals surface area contributed by atoms with Crippen molar-refractivity contribution in [1.29, 1.82) is 0 Å². The summed E-state index contributed by atoms with van der Waals surface area (Å²) in [6, 6.07) is 8.95.